The van der Waals surface area contributed by atoms with E-state index in [2.05, 4.69) is 24.3 Å². The number of hydrogen-bond donors (Lipinski definition) is 1. The molecule has 0 heterocycles. The van der Waals surface area contributed by atoms with Gasteiger partial charge in [0.2, 0.25) is 0 Å². The van der Waals surface area contributed by atoms with Gasteiger partial charge in [-0.3, -0.25) is 0 Å². The van der Waals surface area contributed by atoms with Crippen molar-refractivity contribution in [3.63, 3.8) is 0 Å². The molecule has 0 aliphatic carbocycles. The zero-order valence-corrected chi connectivity index (χ0v) is 11.5. The summed E-state index contributed by atoms with van der Waals surface area (Å²) < 4.78 is 5.13. The summed E-state index contributed by atoms with van der Waals surface area (Å²) in [4.78, 5) is 0. The van der Waals surface area contributed by atoms with Crippen molar-refractivity contribution >= 4 is 13.0 Å². The van der Waals surface area contributed by atoms with Gasteiger partial charge in [0, 0.05) is 0 Å². The van der Waals surface area contributed by atoms with E-state index in [4.69, 9.17) is 9.90 Å². The van der Waals surface area contributed by atoms with Gasteiger partial charge >= 0.3 is 0 Å². The largest absolute Gasteiger partial charge is 0.497 e. The van der Waals surface area contributed by atoms with Gasteiger partial charge in [-0.05, 0) is 43.3 Å². The summed E-state index contributed by atoms with van der Waals surface area (Å²) in [5, 5.41) is 9.41. The summed E-state index contributed by atoms with van der Waals surface area (Å²) in [6, 6.07) is 18.3. The zero-order chi connectivity index (χ0) is 12.8. The molecule has 0 aliphatic heterocycles. The van der Waals surface area contributed by atoms with Crippen LogP contribution in [0, 0.1) is 5.16 Å². The summed E-state index contributed by atoms with van der Waals surface area (Å²) in [5.74, 6) is 0.887. The Morgan fingerprint density at radius 1 is 1.00 bits per heavy atom. The highest BCUT2D eigenvalue weighted by Gasteiger charge is 2.00. The minimum Gasteiger partial charge on any atom is -0.497 e. The standard InChI is InChI=1S/C15H18NOP/c1-17-14-9-7-13(8-10-14)11-12-18(16)15-5-3-2-4-6-15/h2-10,16,18H,11-12H2,1H3. The SMILES string of the molecule is COc1ccc(CC[PH](=N)c2ccccc2)cc1. The molecule has 0 aromatic heterocycles. The van der Waals surface area contributed by atoms with Gasteiger partial charge in [0.1, 0.15) is 5.75 Å². The number of benzene rings is 2. The van der Waals surface area contributed by atoms with Gasteiger partial charge in [-0.15, -0.1) is 0 Å². The molecule has 2 nitrogen and oxygen atoms in total. The van der Waals surface area contributed by atoms with E-state index in [1.807, 2.05) is 30.3 Å². The molecule has 0 aliphatic rings. The second-order valence-electron chi connectivity index (χ2n) is 4.19. The Labute approximate surface area is 109 Å². The van der Waals surface area contributed by atoms with E-state index in [9.17, 15) is 0 Å². The fourth-order valence-corrected chi connectivity index (χ4v) is 3.27. The first-order valence-corrected chi connectivity index (χ1v) is 7.76. The van der Waals surface area contributed by atoms with E-state index < -0.39 is 7.71 Å². The zero-order valence-electron chi connectivity index (χ0n) is 10.5. The quantitative estimate of drug-likeness (QED) is 0.818. The first-order valence-electron chi connectivity index (χ1n) is 6.05. The average molecular weight is 259 g/mol. The smallest absolute Gasteiger partial charge is 0.118 e. The Bertz CT molecular complexity index is 508. The van der Waals surface area contributed by atoms with Gasteiger partial charge in [0.05, 0.1) is 7.11 Å². The number of ether oxygens (including phenoxy) is 1. The van der Waals surface area contributed by atoms with Crippen LogP contribution < -0.4 is 10.0 Å². The molecule has 0 fully saturated rings. The van der Waals surface area contributed by atoms with Crippen molar-refractivity contribution < 1.29 is 4.74 Å². The third-order valence-corrected chi connectivity index (χ3v) is 4.73. The van der Waals surface area contributed by atoms with Gasteiger partial charge in [-0.2, -0.15) is 0 Å². The van der Waals surface area contributed by atoms with Crippen LogP contribution >= 0.6 is 7.71 Å². The third kappa shape index (κ3) is 3.48. The Balaban J connectivity index is 1.93. The molecule has 0 amide bonds. The monoisotopic (exact) mass is 259 g/mol. The predicted molar refractivity (Wildman–Crippen MR) is 78.7 cm³/mol. The first kappa shape index (κ1) is 12.9. The summed E-state index contributed by atoms with van der Waals surface area (Å²) in [5.41, 5.74) is 1.28. The van der Waals surface area contributed by atoms with Gasteiger partial charge in [0.15, 0.2) is 0 Å². The van der Waals surface area contributed by atoms with E-state index in [0.29, 0.717) is 0 Å². The van der Waals surface area contributed by atoms with Crippen LogP contribution in [0.3, 0.4) is 0 Å². The molecule has 0 saturated carbocycles. The van der Waals surface area contributed by atoms with Crippen molar-refractivity contribution in [2.24, 2.45) is 0 Å². The molecule has 94 valence electrons. The molecule has 1 atom stereocenters. The van der Waals surface area contributed by atoms with Gasteiger partial charge in [0.25, 0.3) is 0 Å². The van der Waals surface area contributed by atoms with Crippen molar-refractivity contribution in [1.29, 1.82) is 5.16 Å². The van der Waals surface area contributed by atoms with Crippen molar-refractivity contribution in [2.45, 2.75) is 6.42 Å². The first-order chi connectivity index (χ1) is 8.79. The highest BCUT2D eigenvalue weighted by Crippen LogP contribution is 2.22. The van der Waals surface area contributed by atoms with Crippen LogP contribution in [0.2, 0.25) is 0 Å². The minimum absolute atomic E-state index is 0.887. The predicted octanol–water partition coefficient (Wildman–Crippen LogP) is 3.54. The molecule has 1 unspecified atom stereocenters. The van der Waals surface area contributed by atoms with Crippen LogP contribution in [0.25, 0.3) is 0 Å². The summed E-state index contributed by atoms with van der Waals surface area (Å²) in [6.45, 7) is 0. The molecular formula is C15H18NOP. The fraction of sp³-hybridized carbons (Fsp3) is 0.200. The molecule has 18 heavy (non-hydrogen) atoms. The second kappa shape index (κ2) is 6.42. The molecular weight excluding hydrogens is 241 g/mol. The maximum Gasteiger partial charge on any atom is 0.118 e. The second-order valence-corrected chi connectivity index (χ2v) is 6.23. The molecule has 0 spiro atoms. The lowest BCUT2D eigenvalue weighted by Gasteiger charge is -2.06. The maximum absolute atomic E-state index is 8.22. The number of nitrogens with one attached hydrogen (secondary N) is 1. The Kier molecular flexibility index (Phi) is 4.60. The van der Waals surface area contributed by atoms with Gasteiger partial charge in [-0.1, -0.05) is 42.5 Å². The number of aryl methyl sites for hydroxylation is 1. The summed E-state index contributed by atoms with van der Waals surface area (Å²) in [7, 11) is 0.514. The normalized spacial score (nSPS) is 12.1. The van der Waals surface area contributed by atoms with Crippen molar-refractivity contribution in [1.82, 2.24) is 0 Å². The average Bonchev–Trinajstić information content (AvgIpc) is 2.46. The molecule has 3 heteroatoms. The molecule has 0 radical (unpaired) electrons. The topological polar surface area (TPSA) is 33.1 Å². The molecule has 1 N–H and O–H groups in total. The van der Waals surface area contributed by atoms with Crippen LogP contribution in [-0.2, 0) is 6.42 Å². The third-order valence-electron chi connectivity index (χ3n) is 2.94. The molecule has 2 aromatic rings. The highest BCUT2D eigenvalue weighted by molar-refractivity contribution is 7.54. The number of methoxy groups -OCH3 is 1. The van der Waals surface area contributed by atoms with E-state index in [-0.39, 0.29) is 0 Å². The van der Waals surface area contributed by atoms with Crippen molar-refractivity contribution in [3.8, 4) is 5.75 Å². The number of rotatable bonds is 5. The summed E-state index contributed by atoms with van der Waals surface area (Å²) >= 11 is 0. The van der Waals surface area contributed by atoms with Crippen LogP contribution in [0.4, 0.5) is 0 Å². The van der Waals surface area contributed by atoms with E-state index in [1.165, 1.54) is 10.9 Å². The lowest BCUT2D eigenvalue weighted by molar-refractivity contribution is 0.414. The Hall–Kier alpha value is -1.53. The van der Waals surface area contributed by atoms with Crippen LogP contribution in [-0.4, -0.2) is 13.3 Å². The van der Waals surface area contributed by atoms with Crippen molar-refractivity contribution in [2.75, 3.05) is 13.3 Å². The maximum atomic E-state index is 8.22. The highest BCUT2D eigenvalue weighted by atomic mass is 31.1. The van der Waals surface area contributed by atoms with Gasteiger partial charge in [-0.25, -0.2) is 0 Å². The molecule has 0 saturated heterocycles. The van der Waals surface area contributed by atoms with E-state index in [0.717, 1.165) is 18.3 Å². The van der Waals surface area contributed by atoms with Crippen LogP contribution in [0.5, 0.6) is 5.75 Å². The fourth-order valence-electron chi connectivity index (χ4n) is 1.85. The van der Waals surface area contributed by atoms with E-state index >= 15 is 0 Å². The lowest BCUT2D eigenvalue weighted by Crippen LogP contribution is -1.98. The lowest BCUT2D eigenvalue weighted by atomic mass is 10.2. The Morgan fingerprint density at radius 3 is 2.28 bits per heavy atom. The number of hydrogen-bond acceptors (Lipinski definition) is 2. The summed E-state index contributed by atoms with van der Waals surface area (Å²) in [6.07, 6.45) is 1.91. The van der Waals surface area contributed by atoms with Gasteiger partial charge < -0.3 is 9.90 Å². The van der Waals surface area contributed by atoms with E-state index in [1.54, 1.807) is 7.11 Å². The molecule has 0 bridgehead atoms. The molecule has 2 aromatic carbocycles. The van der Waals surface area contributed by atoms with Crippen molar-refractivity contribution in [3.05, 3.63) is 60.2 Å². The van der Waals surface area contributed by atoms with Crippen LogP contribution in [0.1, 0.15) is 5.56 Å². The Morgan fingerprint density at radius 2 is 1.67 bits per heavy atom. The minimum atomic E-state index is -1.16. The van der Waals surface area contributed by atoms with Crippen LogP contribution in [0.15, 0.2) is 54.6 Å². The molecule has 2 rings (SSSR count).